The number of fused-ring (bicyclic) bond motifs is 1. The van der Waals surface area contributed by atoms with Crippen LogP contribution in [0.3, 0.4) is 0 Å². The van der Waals surface area contributed by atoms with Gasteiger partial charge in [-0.3, -0.25) is 4.79 Å². The van der Waals surface area contributed by atoms with E-state index in [1.54, 1.807) is 0 Å². The minimum Gasteiger partial charge on any atom is -0.493 e. The van der Waals surface area contributed by atoms with Crippen LogP contribution in [-0.4, -0.2) is 32.1 Å². The van der Waals surface area contributed by atoms with E-state index in [0.717, 1.165) is 44.8 Å². The molecular weight excluding hydrogens is 300 g/mol. The highest BCUT2D eigenvalue weighted by Gasteiger charge is 2.22. The van der Waals surface area contributed by atoms with Gasteiger partial charge in [0.15, 0.2) is 0 Å². The van der Waals surface area contributed by atoms with Gasteiger partial charge in [0.05, 0.1) is 6.61 Å². The third kappa shape index (κ3) is 4.37. The van der Waals surface area contributed by atoms with Crippen LogP contribution in [0.25, 0.3) is 0 Å². The normalized spacial score (nSPS) is 23.1. The van der Waals surface area contributed by atoms with Crippen molar-refractivity contribution in [2.24, 2.45) is 5.92 Å². The Bertz CT molecular complexity index is 489. The van der Waals surface area contributed by atoms with Gasteiger partial charge >= 0.3 is 0 Å². The van der Waals surface area contributed by atoms with Gasteiger partial charge in [0.1, 0.15) is 5.75 Å². The van der Waals surface area contributed by atoms with Gasteiger partial charge in [0, 0.05) is 18.9 Å². The first-order chi connectivity index (χ1) is 10.3. The second-order valence-electron chi connectivity index (χ2n) is 6.07. The van der Waals surface area contributed by atoms with Gasteiger partial charge in [0.25, 0.3) is 0 Å². The van der Waals surface area contributed by atoms with Crippen molar-refractivity contribution < 1.29 is 9.53 Å². The van der Waals surface area contributed by atoms with Crippen LogP contribution in [-0.2, 0) is 4.79 Å². The van der Waals surface area contributed by atoms with E-state index in [4.69, 9.17) is 4.74 Å². The Labute approximate surface area is 138 Å². The van der Waals surface area contributed by atoms with E-state index in [2.05, 4.69) is 16.7 Å². The fraction of sp³-hybridized carbons (Fsp3) is 0.588. The molecule has 2 heterocycles. The van der Waals surface area contributed by atoms with Crippen LogP contribution in [0.4, 0.5) is 0 Å². The first-order valence-electron chi connectivity index (χ1n) is 8.02. The third-order valence-corrected chi connectivity index (χ3v) is 4.57. The van der Waals surface area contributed by atoms with Gasteiger partial charge < -0.3 is 15.4 Å². The van der Waals surface area contributed by atoms with Crippen LogP contribution in [0.1, 0.15) is 37.2 Å². The first kappa shape index (κ1) is 17.1. The summed E-state index contributed by atoms with van der Waals surface area (Å²) in [6, 6.07) is 8.15. The van der Waals surface area contributed by atoms with Gasteiger partial charge in [-0.05, 0) is 49.9 Å². The van der Waals surface area contributed by atoms with E-state index >= 15 is 0 Å². The molecule has 2 aliphatic heterocycles. The lowest BCUT2D eigenvalue weighted by atomic mass is 9.93. The lowest BCUT2D eigenvalue weighted by Gasteiger charge is -2.26. The molecule has 0 aliphatic carbocycles. The van der Waals surface area contributed by atoms with Crippen molar-refractivity contribution in [1.82, 2.24) is 10.6 Å². The van der Waals surface area contributed by atoms with Gasteiger partial charge in [-0.15, -0.1) is 12.4 Å². The van der Waals surface area contributed by atoms with Crippen molar-refractivity contribution in [1.29, 1.82) is 0 Å². The highest BCUT2D eigenvalue weighted by molar-refractivity contribution is 5.85. The molecule has 2 aliphatic rings. The Balaban J connectivity index is 0.00000176. The van der Waals surface area contributed by atoms with Crippen LogP contribution in [0.15, 0.2) is 24.3 Å². The Kier molecular flexibility index (Phi) is 6.52. The summed E-state index contributed by atoms with van der Waals surface area (Å²) in [4.78, 5) is 12.0. The Hall–Kier alpha value is -1.26. The molecule has 1 amide bonds. The monoisotopic (exact) mass is 324 g/mol. The lowest BCUT2D eigenvalue weighted by Crippen LogP contribution is -2.31. The highest BCUT2D eigenvalue weighted by Crippen LogP contribution is 2.32. The smallest absolute Gasteiger partial charge is 0.220 e. The predicted octanol–water partition coefficient (Wildman–Crippen LogP) is 2.48. The summed E-state index contributed by atoms with van der Waals surface area (Å²) in [7, 11) is 0. The van der Waals surface area contributed by atoms with E-state index in [-0.39, 0.29) is 18.3 Å². The number of carbonyl (C=O) groups is 1. The molecule has 0 aromatic heterocycles. The third-order valence-electron chi connectivity index (χ3n) is 4.57. The molecule has 1 aromatic rings. The number of para-hydroxylation sites is 1. The fourth-order valence-electron chi connectivity index (χ4n) is 3.25. The molecule has 0 radical (unpaired) electrons. The van der Waals surface area contributed by atoms with Crippen LogP contribution < -0.4 is 15.4 Å². The molecule has 0 spiro atoms. The summed E-state index contributed by atoms with van der Waals surface area (Å²) >= 11 is 0. The molecule has 4 nitrogen and oxygen atoms in total. The second kappa shape index (κ2) is 8.39. The predicted molar refractivity (Wildman–Crippen MR) is 89.8 cm³/mol. The minimum atomic E-state index is 0. The van der Waals surface area contributed by atoms with Crippen molar-refractivity contribution in [2.75, 3.05) is 26.2 Å². The number of hydrogen-bond donors (Lipinski definition) is 2. The topological polar surface area (TPSA) is 50.4 Å². The number of hydrogen-bond acceptors (Lipinski definition) is 3. The summed E-state index contributed by atoms with van der Waals surface area (Å²) in [5, 5.41) is 6.45. The highest BCUT2D eigenvalue weighted by atomic mass is 35.5. The maximum atomic E-state index is 12.0. The molecule has 1 saturated heterocycles. The molecule has 2 N–H and O–H groups in total. The average molecular weight is 325 g/mol. The number of amides is 1. The first-order valence-corrected chi connectivity index (χ1v) is 8.02. The standard InChI is InChI=1S/C17H24N2O2.ClH/c20-17(6-5-13-7-9-18-11-13)19-12-14-8-10-21-16-4-2-1-3-15(14)16;/h1-4,13-14,18H,5-12H2,(H,19,20);1H. The quantitative estimate of drug-likeness (QED) is 0.875. The SMILES string of the molecule is Cl.O=C(CCC1CCNC1)NCC1CCOc2ccccc21. The van der Waals surface area contributed by atoms with Crippen molar-refractivity contribution in [3.8, 4) is 5.75 Å². The van der Waals surface area contributed by atoms with Gasteiger partial charge in [-0.1, -0.05) is 18.2 Å². The molecule has 3 rings (SSSR count). The number of ether oxygens (including phenoxy) is 1. The van der Waals surface area contributed by atoms with Crippen molar-refractivity contribution in [3.63, 3.8) is 0 Å². The summed E-state index contributed by atoms with van der Waals surface area (Å²) < 4.78 is 5.66. The average Bonchev–Trinajstić information content (AvgIpc) is 3.04. The zero-order valence-electron chi connectivity index (χ0n) is 12.8. The fourth-order valence-corrected chi connectivity index (χ4v) is 3.25. The van der Waals surface area contributed by atoms with E-state index in [1.807, 2.05) is 18.2 Å². The molecule has 122 valence electrons. The molecular formula is C17H25ClN2O2. The van der Waals surface area contributed by atoms with E-state index in [9.17, 15) is 4.79 Å². The largest absolute Gasteiger partial charge is 0.493 e. The van der Waals surface area contributed by atoms with Crippen molar-refractivity contribution >= 4 is 18.3 Å². The number of rotatable bonds is 5. The Morgan fingerprint density at radius 3 is 3.00 bits per heavy atom. The summed E-state index contributed by atoms with van der Waals surface area (Å²) in [5.74, 6) is 2.22. The Morgan fingerprint density at radius 2 is 2.18 bits per heavy atom. The second-order valence-corrected chi connectivity index (χ2v) is 6.07. The van der Waals surface area contributed by atoms with Crippen LogP contribution in [0, 0.1) is 5.92 Å². The maximum absolute atomic E-state index is 12.0. The molecule has 2 atom stereocenters. The van der Waals surface area contributed by atoms with E-state index < -0.39 is 0 Å². The molecule has 22 heavy (non-hydrogen) atoms. The summed E-state index contributed by atoms with van der Waals surface area (Å²) in [6.07, 6.45) is 3.84. The summed E-state index contributed by atoms with van der Waals surface area (Å²) in [6.45, 7) is 3.64. The van der Waals surface area contributed by atoms with Crippen molar-refractivity contribution in [2.45, 2.75) is 31.6 Å². The number of carbonyl (C=O) groups excluding carboxylic acids is 1. The van der Waals surface area contributed by atoms with Crippen LogP contribution in [0.5, 0.6) is 5.75 Å². The zero-order valence-corrected chi connectivity index (χ0v) is 13.7. The zero-order chi connectivity index (χ0) is 14.5. The van der Waals surface area contributed by atoms with E-state index in [1.165, 1.54) is 12.0 Å². The Morgan fingerprint density at radius 1 is 1.32 bits per heavy atom. The number of nitrogens with one attached hydrogen (secondary N) is 2. The van der Waals surface area contributed by atoms with Crippen molar-refractivity contribution in [3.05, 3.63) is 29.8 Å². The molecule has 1 fully saturated rings. The maximum Gasteiger partial charge on any atom is 0.220 e. The van der Waals surface area contributed by atoms with Gasteiger partial charge in [-0.2, -0.15) is 0 Å². The van der Waals surface area contributed by atoms with E-state index in [0.29, 0.717) is 18.3 Å². The van der Waals surface area contributed by atoms with Gasteiger partial charge in [0.2, 0.25) is 5.91 Å². The minimum absolute atomic E-state index is 0. The molecule has 1 aromatic carbocycles. The van der Waals surface area contributed by atoms with Crippen LogP contribution in [0.2, 0.25) is 0 Å². The molecule has 0 bridgehead atoms. The molecule has 2 unspecified atom stereocenters. The molecule has 5 heteroatoms. The number of halogens is 1. The molecule has 0 saturated carbocycles. The summed E-state index contributed by atoms with van der Waals surface area (Å²) in [5.41, 5.74) is 1.23. The van der Waals surface area contributed by atoms with Crippen LogP contribution >= 0.6 is 12.4 Å². The lowest BCUT2D eigenvalue weighted by molar-refractivity contribution is -0.121. The number of benzene rings is 1. The van der Waals surface area contributed by atoms with Gasteiger partial charge in [-0.25, -0.2) is 0 Å².